The molecule has 1 aliphatic rings. The van der Waals surface area contributed by atoms with Gasteiger partial charge in [0, 0.05) is 19.1 Å². The van der Waals surface area contributed by atoms with Gasteiger partial charge in [-0.1, -0.05) is 6.42 Å². The van der Waals surface area contributed by atoms with Crippen LogP contribution in [0.1, 0.15) is 32.6 Å². The molecule has 5 heteroatoms. The maximum absolute atomic E-state index is 13.4. The number of hydrogen-bond donors (Lipinski definition) is 1. The number of fused-ring (bicyclic) bond motifs is 1. The molecule has 1 unspecified atom stereocenters. The van der Waals surface area contributed by atoms with Crippen molar-refractivity contribution in [2.45, 2.75) is 45.2 Å². The molecule has 4 nitrogen and oxygen atoms in total. The Labute approximate surface area is 124 Å². The standard InChI is InChI=1S/C16H23FN4/c1-12-5-2-3-8-20(12)9-4-10-21-15-11-13(17)6-7-14(15)19-16(21)18/h6-7,11-12H,2-5,8-10H2,1H3,(H2,18,19). The molecule has 1 aromatic carbocycles. The van der Waals surface area contributed by atoms with Crippen LogP contribution in [0.15, 0.2) is 18.2 Å². The third-order valence-corrected chi connectivity index (χ3v) is 4.51. The maximum atomic E-state index is 13.4. The molecule has 0 spiro atoms. The van der Waals surface area contributed by atoms with Gasteiger partial charge >= 0.3 is 0 Å². The number of likely N-dealkylation sites (tertiary alicyclic amines) is 1. The van der Waals surface area contributed by atoms with Crippen LogP contribution in [-0.2, 0) is 6.54 Å². The van der Waals surface area contributed by atoms with Gasteiger partial charge in [-0.05, 0) is 50.9 Å². The predicted molar refractivity (Wildman–Crippen MR) is 83.6 cm³/mol. The molecule has 114 valence electrons. The number of halogens is 1. The second-order valence-electron chi connectivity index (χ2n) is 5.99. The lowest BCUT2D eigenvalue weighted by Gasteiger charge is -2.33. The molecular weight excluding hydrogens is 267 g/mol. The molecule has 2 N–H and O–H groups in total. The molecule has 0 aliphatic carbocycles. The van der Waals surface area contributed by atoms with E-state index in [4.69, 9.17) is 5.73 Å². The normalized spacial score (nSPS) is 20.2. The smallest absolute Gasteiger partial charge is 0.201 e. The molecule has 2 aromatic rings. The first-order valence-corrected chi connectivity index (χ1v) is 7.80. The van der Waals surface area contributed by atoms with E-state index in [1.807, 2.05) is 4.57 Å². The molecular formula is C16H23FN4. The molecule has 0 saturated carbocycles. The number of hydrogen-bond acceptors (Lipinski definition) is 3. The number of benzene rings is 1. The number of anilines is 1. The van der Waals surface area contributed by atoms with Crippen LogP contribution in [0.5, 0.6) is 0 Å². The first-order chi connectivity index (χ1) is 10.1. The summed E-state index contributed by atoms with van der Waals surface area (Å²) in [6, 6.07) is 5.30. The van der Waals surface area contributed by atoms with Gasteiger partial charge in [-0.2, -0.15) is 0 Å². The number of nitrogens with zero attached hydrogens (tertiary/aromatic N) is 3. The summed E-state index contributed by atoms with van der Waals surface area (Å²) in [6.45, 7) is 5.34. The minimum absolute atomic E-state index is 0.242. The summed E-state index contributed by atoms with van der Waals surface area (Å²) in [7, 11) is 0. The van der Waals surface area contributed by atoms with Crippen molar-refractivity contribution in [1.82, 2.24) is 14.5 Å². The Morgan fingerprint density at radius 1 is 1.33 bits per heavy atom. The fourth-order valence-electron chi connectivity index (χ4n) is 3.27. The van der Waals surface area contributed by atoms with E-state index >= 15 is 0 Å². The van der Waals surface area contributed by atoms with Crippen LogP contribution >= 0.6 is 0 Å². The van der Waals surface area contributed by atoms with Crippen molar-refractivity contribution in [1.29, 1.82) is 0 Å². The van der Waals surface area contributed by atoms with Crippen molar-refractivity contribution in [2.75, 3.05) is 18.8 Å². The zero-order valence-corrected chi connectivity index (χ0v) is 12.6. The monoisotopic (exact) mass is 290 g/mol. The topological polar surface area (TPSA) is 47.1 Å². The number of imidazole rings is 1. The lowest BCUT2D eigenvalue weighted by Crippen LogP contribution is -2.38. The summed E-state index contributed by atoms with van der Waals surface area (Å²) < 4.78 is 15.3. The Balaban J connectivity index is 1.67. The molecule has 1 atom stereocenters. The fourth-order valence-corrected chi connectivity index (χ4v) is 3.27. The Morgan fingerprint density at radius 3 is 3.00 bits per heavy atom. The van der Waals surface area contributed by atoms with Gasteiger partial charge in [0.2, 0.25) is 5.95 Å². The number of aromatic nitrogens is 2. The van der Waals surface area contributed by atoms with E-state index in [0.29, 0.717) is 12.0 Å². The van der Waals surface area contributed by atoms with Gasteiger partial charge in [-0.3, -0.25) is 0 Å². The SMILES string of the molecule is CC1CCCCN1CCCn1c(N)nc2ccc(F)cc21. The highest BCUT2D eigenvalue weighted by atomic mass is 19.1. The van der Waals surface area contributed by atoms with E-state index in [1.165, 1.54) is 37.9 Å². The summed E-state index contributed by atoms with van der Waals surface area (Å²) in [6.07, 6.45) is 4.94. The molecule has 0 amide bonds. The summed E-state index contributed by atoms with van der Waals surface area (Å²) in [4.78, 5) is 6.84. The quantitative estimate of drug-likeness (QED) is 0.941. The molecule has 0 bridgehead atoms. The van der Waals surface area contributed by atoms with Crippen LogP contribution in [-0.4, -0.2) is 33.6 Å². The highest BCUT2D eigenvalue weighted by molar-refractivity contribution is 5.78. The van der Waals surface area contributed by atoms with Crippen LogP contribution in [0, 0.1) is 5.82 Å². The highest BCUT2D eigenvalue weighted by Crippen LogP contribution is 2.20. The largest absolute Gasteiger partial charge is 0.369 e. The molecule has 0 radical (unpaired) electrons. The second-order valence-corrected chi connectivity index (χ2v) is 5.99. The van der Waals surface area contributed by atoms with Gasteiger partial charge in [-0.15, -0.1) is 0 Å². The van der Waals surface area contributed by atoms with Gasteiger partial charge in [0.25, 0.3) is 0 Å². The van der Waals surface area contributed by atoms with Crippen LogP contribution in [0.4, 0.5) is 10.3 Å². The number of aryl methyl sites for hydroxylation is 1. The van der Waals surface area contributed by atoms with Gasteiger partial charge in [-0.25, -0.2) is 9.37 Å². The third-order valence-electron chi connectivity index (χ3n) is 4.51. The number of nitrogen functional groups attached to an aromatic ring is 1. The lowest BCUT2D eigenvalue weighted by molar-refractivity contribution is 0.157. The highest BCUT2D eigenvalue weighted by Gasteiger charge is 2.17. The average molecular weight is 290 g/mol. The number of nitrogens with two attached hydrogens (primary N) is 1. The van der Waals surface area contributed by atoms with Crippen molar-refractivity contribution in [2.24, 2.45) is 0 Å². The molecule has 1 aliphatic heterocycles. The molecule has 2 heterocycles. The van der Waals surface area contributed by atoms with Crippen LogP contribution in [0.2, 0.25) is 0 Å². The van der Waals surface area contributed by atoms with E-state index in [1.54, 1.807) is 6.07 Å². The minimum Gasteiger partial charge on any atom is -0.369 e. The van der Waals surface area contributed by atoms with Gasteiger partial charge in [0.1, 0.15) is 5.82 Å². The summed E-state index contributed by atoms with van der Waals surface area (Å²) in [5.41, 5.74) is 7.52. The molecule has 21 heavy (non-hydrogen) atoms. The summed E-state index contributed by atoms with van der Waals surface area (Å²) >= 11 is 0. The Morgan fingerprint density at radius 2 is 2.19 bits per heavy atom. The second kappa shape index (κ2) is 6.02. The van der Waals surface area contributed by atoms with Crippen molar-refractivity contribution in [3.63, 3.8) is 0 Å². The van der Waals surface area contributed by atoms with Crippen LogP contribution < -0.4 is 5.73 Å². The first-order valence-electron chi connectivity index (χ1n) is 7.80. The number of piperidine rings is 1. The zero-order valence-electron chi connectivity index (χ0n) is 12.6. The number of rotatable bonds is 4. The first kappa shape index (κ1) is 14.3. The maximum Gasteiger partial charge on any atom is 0.201 e. The van der Waals surface area contributed by atoms with E-state index in [-0.39, 0.29) is 5.82 Å². The van der Waals surface area contributed by atoms with Crippen molar-refractivity contribution < 1.29 is 4.39 Å². The fraction of sp³-hybridized carbons (Fsp3) is 0.562. The molecule has 1 fully saturated rings. The zero-order chi connectivity index (χ0) is 14.8. The van der Waals surface area contributed by atoms with Crippen molar-refractivity contribution in [3.05, 3.63) is 24.0 Å². The lowest BCUT2D eigenvalue weighted by atomic mass is 10.0. The predicted octanol–water partition coefficient (Wildman–Crippen LogP) is 3.02. The van der Waals surface area contributed by atoms with Crippen LogP contribution in [0.25, 0.3) is 11.0 Å². The van der Waals surface area contributed by atoms with Gasteiger partial charge in [0.15, 0.2) is 0 Å². The molecule has 3 rings (SSSR count). The van der Waals surface area contributed by atoms with Crippen molar-refractivity contribution >= 4 is 17.0 Å². The van der Waals surface area contributed by atoms with Gasteiger partial charge in [0.05, 0.1) is 11.0 Å². The van der Waals surface area contributed by atoms with E-state index in [9.17, 15) is 4.39 Å². The molecule has 1 aromatic heterocycles. The Bertz CT molecular complexity index is 622. The van der Waals surface area contributed by atoms with E-state index in [2.05, 4.69) is 16.8 Å². The summed E-state index contributed by atoms with van der Waals surface area (Å²) in [5, 5.41) is 0. The van der Waals surface area contributed by atoms with Crippen molar-refractivity contribution in [3.8, 4) is 0 Å². The Kier molecular flexibility index (Phi) is 4.10. The average Bonchev–Trinajstić information content (AvgIpc) is 2.77. The van der Waals surface area contributed by atoms with E-state index in [0.717, 1.165) is 30.5 Å². The molecule has 1 saturated heterocycles. The minimum atomic E-state index is -0.242. The van der Waals surface area contributed by atoms with Gasteiger partial charge < -0.3 is 15.2 Å². The van der Waals surface area contributed by atoms with Crippen LogP contribution in [0.3, 0.4) is 0 Å². The Hall–Kier alpha value is -1.62. The summed E-state index contributed by atoms with van der Waals surface area (Å²) in [5.74, 6) is 0.232. The van der Waals surface area contributed by atoms with E-state index < -0.39 is 0 Å². The third kappa shape index (κ3) is 3.02.